The zero-order valence-corrected chi connectivity index (χ0v) is 13.4. The lowest BCUT2D eigenvalue weighted by molar-refractivity contribution is 0.660. The molecule has 4 rings (SSSR count). The molecule has 0 saturated heterocycles. The number of halogens is 1. The molecule has 1 nitrogen and oxygen atoms in total. The molecular formula is C20H16ClN. The second-order valence-corrected chi connectivity index (χ2v) is 6.63. The van der Waals surface area contributed by atoms with Crippen molar-refractivity contribution in [1.29, 1.82) is 0 Å². The summed E-state index contributed by atoms with van der Waals surface area (Å²) < 4.78 is 0. The highest BCUT2D eigenvalue weighted by Gasteiger charge is 2.35. The van der Waals surface area contributed by atoms with Gasteiger partial charge in [-0.15, -0.1) is 0 Å². The first-order valence-electron chi connectivity index (χ1n) is 7.44. The number of pyridine rings is 1. The van der Waals surface area contributed by atoms with Gasteiger partial charge in [0.1, 0.15) is 5.15 Å². The molecule has 0 spiro atoms. The van der Waals surface area contributed by atoms with Gasteiger partial charge < -0.3 is 0 Å². The van der Waals surface area contributed by atoms with Crippen molar-refractivity contribution in [2.75, 3.05) is 0 Å². The molecule has 0 aliphatic heterocycles. The number of hydrogen-bond donors (Lipinski definition) is 0. The largest absolute Gasteiger partial charge is 0.244 e. The summed E-state index contributed by atoms with van der Waals surface area (Å²) in [6.45, 7) is 4.57. The van der Waals surface area contributed by atoms with Crippen molar-refractivity contribution in [2.24, 2.45) is 0 Å². The molecule has 2 heteroatoms. The van der Waals surface area contributed by atoms with Crippen molar-refractivity contribution in [3.8, 4) is 22.3 Å². The Morgan fingerprint density at radius 2 is 1.55 bits per heavy atom. The molecule has 0 fully saturated rings. The smallest absolute Gasteiger partial charge is 0.136 e. The van der Waals surface area contributed by atoms with Gasteiger partial charge in [0, 0.05) is 17.2 Å². The molecule has 0 saturated carbocycles. The molecule has 0 radical (unpaired) electrons. The maximum atomic E-state index is 6.25. The predicted molar refractivity (Wildman–Crippen MR) is 92.2 cm³/mol. The zero-order chi connectivity index (χ0) is 15.3. The fourth-order valence-electron chi connectivity index (χ4n) is 3.49. The van der Waals surface area contributed by atoms with Crippen LogP contribution in [0.3, 0.4) is 0 Å². The van der Waals surface area contributed by atoms with Crippen LogP contribution in [0.5, 0.6) is 0 Å². The van der Waals surface area contributed by atoms with E-state index in [1.807, 2.05) is 12.1 Å². The predicted octanol–water partition coefficient (Wildman–Crippen LogP) is 5.71. The Kier molecular flexibility index (Phi) is 2.88. The number of nitrogens with zero attached hydrogens (tertiary/aromatic N) is 1. The van der Waals surface area contributed by atoms with Crippen molar-refractivity contribution in [3.05, 3.63) is 77.1 Å². The van der Waals surface area contributed by atoms with Crippen LogP contribution in [0.4, 0.5) is 0 Å². The topological polar surface area (TPSA) is 12.9 Å². The van der Waals surface area contributed by atoms with Crippen molar-refractivity contribution in [3.63, 3.8) is 0 Å². The summed E-state index contributed by atoms with van der Waals surface area (Å²) in [5.74, 6) is 0. The second-order valence-electron chi connectivity index (χ2n) is 6.27. The highest BCUT2D eigenvalue weighted by atomic mass is 35.5. The van der Waals surface area contributed by atoms with E-state index in [2.05, 4.69) is 61.3 Å². The van der Waals surface area contributed by atoms with Gasteiger partial charge in [-0.3, -0.25) is 0 Å². The second kappa shape index (κ2) is 4.69. The molecule has 1 aliphatic carbocycles. The number of aromatic nitrogens is 1. The molecule has 0 bridgehead atoms. The van der Waals surface area contributed by atoms with Crippen molar-refractivity contribution >= 4 is 11.6 Å². The van der Waals surface area contributed by atoms with E-state index in [9.17, 15) is 0 Å². The van der Waals surface area contributed by atoms with Gasteiger partial charge in [0.2, 0.25) is 0 Å². The lowest BCUT2D eigenvalue weighted by Gasteiger charge is -2.21. The average molecular weight is 306 g/mol. The van der Waals surface area contributed by atoms with Gasteiger partial charge in [0.25, 0.3) is 0 Å². The molecule has 2 aromatic carbocycles. The SMILES string of the molecule is CC1(C)c2ccccc2-c2cc(-c3cccnc3Cl)ccc21. The highest BCUT2D eigenvalue weighted by molar-refractivity contribution is 6.32. The van der Waals surface area contributed by atoms with Crippen LogP contribution in [0.1, 0.15) is 25.0 Å². The molecule has 1 aliphatic rings. The molecular weight excluding hydrogens is 290 g/mol. The van der Waals surface area contributed by atoms with Crippen LogP contribution in [0, 0.1) is 0 Å². The van der Waals surface area contributed by atoms with Crippen molar-refractivity contribution in [1.82, 2.24) is 4.98 Å². The van der Waals surface area contributed by atoms with Gasteiger partial charge in [0.15, 0.2) is 0 Å². The molecule has 1 heterocycles. The van der Waals surface area contributed by atoms with E-state index >= 15 is 0 Å². The minimum atomic E-state index is 0.0448. The summed E-state index contributed by atoms with van der Waals surface area (Å²) >= 11 is 6.25. The number of hydrogen-bond acceptors (Lipinski definition) is 1. The van der Waals surface area contributed by atoms with E-state index in [0.29, 0.717) is 5.15 Å². The Morgan fingerprint density at radius 3 is 2.36 bits per heavy atom. The van der Waals surface area contributed by atoms with Crippen molar-refractivity contribution in [2.45, 2.75) is 19.3 Å². The number of rotatable bonds is 1. The van der Waals surface area contributed by atoms with Gasteiger partial charge in [-0.25, -0.2) is 4.98 Å². The fourth-order valence-corrected chi connectivity index (χ4v) is 3.72. The molecule has 108 valence electrons. The summed E-state index contributed by atoms with van der Waals surface area (Å²) in [7, 11) is 0. The van der Waals surface area contributed by atoms with Gasteiger partial charge in [-0.05, 0) is 46.0 Å². The minimum Gasteiger partial charge on any atom is -0.244 e. The van der Waals surface area contributed by atoms with E-state index in [-0.39, 0.29) is 5.41 Å². The van der Waals surface area contributed by atoms with E-state index in [1.165, 1.54) is 22.3 Å². The van der Waals surface area contributed by atoms with Gasteiger partial charge in [0.05, 0.1) is 0 Å². The van der Waals surface area contributed by atoms with Crippen LogP contribution < -0.4 is 0 Å². The molecule has 0 N–H and O–H groups in total. The average Bonchev–Trinajstić information content (AvgIpc) is 2.76. The third-order valence-electron chi connectivity index (χ3n) is 4.65. The maximum Gasteiger partial charge on any atom is 0.136 e. The fraction of sp³-hybridized carbons (Fsp3) is 0.150. The molecule has 0 atom stereocenters. The Balaban J connectivity index is 1.97. The first-order valence-corrected chi connectivity index (χ1v) is 7.82. The summed E-state index contributed by atoms with van der Waals surface area (Å²) in [6.07, 6.45) is 1.72. The normalized spacial score (nSPS) is 14.5. The first-order chi connectivity index (χ1) is 10.6. The van der Waals surface area contributed by atoms with E-state index in [0.717, 1.165) is 11.1 Å². The molecule has 0 amide bonds. The van der Waals surface area contributed by atoms with Crippen LogP contribution >= 0.6 is 11.6 Å². The van der Waals surface area contributed by atoms with Gasteiger partial charge in [-0.2, -0.15) is 0 Å². The maximum absolute atomic E-state index is 6.25. The number of benzene rings is 2. The van der Waals surface area contributed by atoms with Gasteiger partial charge in [-0.1, -0.05) is 61.8 Å². The lowest BCUT2D eigenvalue weighted by atomic mass is 9.82. The van der Waals surface area contributed by atoms with E-state index < -0.39 is 0 Å². The summed E-state index contributed by atoms with van der Waals surface area (Å²) in [4.78, 5) is 4.19. The Hall–Kier alpha value is -2.12. The standard InChI is InChI=1S/C20H16ClN/c1-20(2)17-8-4-3-6-15(17)16-12-13(9-10-18(16)20)14-7-5-11-22-19(14)21/h3-12H,1-2H3. The molecule has 22 heavy (non-hydrogen) atoms. The van der Waals surface area contributed by atoms with Gasteiger partial charge >= 0.3 is 0 Å². The quantitative estimate of drug-likeness (QED) is 0.525. The number of fused-ring (bicyclic) bond motifs is 3. The molecule has 0 unspecified atom stereocenters. The summed E-state index contributed by atoms with van der Waals surface area (Å²) in [5.41, 5.74) is 7.53. The summed E-state index contributed by atoms with van der Waals surface area (Å²) in [5, 5.41) is 0.549. The van der Waals surface area contributed by atoms with E-state index in [1.54, 1.807) is 6.20 Å². The molecule has 1 aromatic heterocycles. The van der Waals surface area contributed by atoms with Crippen LogP contribution in [0.25, 0.3) is 22.3 Å². The third kappa shape index (κ3) is 1.82. The van der Waals surface area contributed by atoms with Crippen LogP contribution in [0.2, 0.25) is 5.15 Å². The first kappa shape index (κ1) is 13.5. The van der Waals surface area contributed by atoms with Crippen LogP contribution in [-0.4, -0.2) is 4.98 Å². The zero-order valence-electron chi connectivity index (χ0n) is 12.6. The highest BCUT2D eigenvalue weighted by Crippen LogP contribution is 2.49. The lowest BCUT2D eigenvalue weighted by Crippen LogP contribution is -2.14. The summed E-state index contributed by atoms with van der Waals surface area (Å²) in [6, 6.07) is 19.2. The van der Waals surface area contributed by atoms with Crippen LogP contribution in [-0.2, 0) is 5.41 Å². The minimum absolute atomic E-state index is 0.0448. The van der Waals surface area contributed by atoms with Crippen LogP contribution in [0.15, 0.2) is 60.8 Å². The Morgan fingerprint density at radius 1 is 0.818 bits per heavy atom. The Labute approximate surface area is 135 Å². The molecule has 3 aromatic rings. The Bertz CT molecular complexity index is 880. The third-order valence-corrected chi connectivity index (χ3v) is 4.95. The van der Waals surface area contributed by atoms with Crippen molar-refractivity contribution < 1.29 is 0 Å². The monoisotopic (exact) mass is 305 g/mol. The van der Waals surface area contributed by atoms with E-state index in [4.69, 9.17) is 11.6 Å².